The van der Waals surface area contributed by atoms with Gasteiger partial charge in [0, 0.05) is 5.69 Å². The van der Waals surface area contributed by atoms with Crippen molar-refractivity contribution in [2.45, 2.75) is 19.7 Å². The lowest BCUT2D eigenvalue weighted by atomic mass is 10.1. The lowest BCUT2D eigenvalue weighted by molar-refractivity contribution is -0.137. The molecule has 106 valence electrons. The smallest absolute Gasteiger partial charge is 0.416 e. The fourth-order valence-electron chi connectivity index (χ4n) is 1.62. The highest BCUT2D eigenvalue weighted by Crippen LogP contribution is 2.29. The van der Waals surface area contributed by atoms with Crippen LogP contribution in [0.5, 0.6) is 0 Å². The lowest BCUT2D eigenvalue weighted by Crippen LogP contribution is -2.09. The van der Waals surface area contributed by atoms with Crippen LogP contribution >= 0.6 is 0 Å². The fourth-order valence-corrected chi connectivity index (χ4v) is 1.62. The fraction of sp³-hybridized carbons (Fsp3) is 0.231. The number of benzene rings is 1. The zero-order valence-corrected chi connectivity index (χ0v) is 10.5. The first kappa shape index (κ1) is 14.1. The quantitative estimate of drug-likeness (QED) is 0.881. The molecule has 20 heavy (non-hydrogen) atoms. The van der Waals surface area contributed by atoms with E-state index in [9.17, 15) is 18.0 Å². The number of aromatic nitrogens is 2. The van der Waals surface area contributed by atoms with Crippen molar-refractivity contribution in [3.63, 3.8) is 0 Å². The number of aryl methyl sites for hydroxylation is 1. The average molecular weight is 284 g/mol. The lowest BCUT2D eigenvalue weighted by Gasteiger charge is -2.09. The van der Waals surface area contributed by atoms with Crippen LogP contribution in [0.2, 0.25) is 0 Å². The molecule has 0 amide bonds. The normalized spacial score (nSPS) is 11.4. The number of aromatic amines is 1. The van der Waals surface area contributed by atoms with E-state index in [2.05, 4.69) is 9.97 Å². The van der Waals surface area contributed by atoms with Gasteiger partial charge in [0.05, 0.1) is 11.9 Å². The SMILES string of the molecule is Cc1[nH]cnc1C(=O)OCc1cccc(C(F)(F)F)c1. The van der Waals surface area contributed by atoms with E-state index in [1.54, 1.807) is 6.92 Å². The molecule has 0 spiro atoms. The number of ether oxygens (including phenoxy) is 1. The van der Waals surface area contributed by atoms with Gasteiger partial charge in [-0.25, -0.2) is 9.78 Å². The number of nitrogens with one attached hydrogen (secondary N) is 1. The second kappa shape index (κ2) is 5.36. The summed E-state index contributed by atoms with van der Waals surface area (Å²) in [4.78, 5) is 18.1. The van der Waals surface area contributed by atoms with Gasteiger partial charge in [-0.3, -0.25) is 0 Å². The van der Waals surface area contributed by atoms with Gasteiger partial charge in [0.15, 0.2) is 5.69 Å². The number of alkyl halides is 3. The van der Waals surface area contributed by atoms with E-state index in [1.807, 2.05) is 0 Å². The van der Waals surface area contributed by atoms with Crippen LogP contribution < -0.4 is 0 Å². The number of H-pyrrole nitrogens is 1. The van der Waals surface area contributed by atoms with Crippen LogP contribution in [-0.4, -0.2) is 15.9 Å². The first-order valence-electron chi connectivity index (χ1n) is 5.71. The molecule has 0 aliphatic rings. The second-order valence-corrected chi connectivity index (χ2v) is 4.15. The van der Waals surface area contributed by atoms with Gasteiger partial charge < -0.3 is 9.72 Å². The number of hydrogen-bond donors (Lipinski definition) is 1. The summed E-state index contributed by atoms with van der Waals surface area (Å²) in [7, 11) is 0. The summed E-state index contributed by atoms with van der Waals surface area (Å²) in [5.41, 5.74) is 0.152. The number of esters is 1. The highest BCUT2D eigenvalue weighted by molar-refractivity contribution is 5.88. The highest BCUT2D eigenvalue weighted by atomic mass is 19.4. The summed E-state index contributed by atoms with van der Waals surface area (Å²) >= 11 is 0. The molecule has 1 heterocycles. The third-order valence-corrected chi connectivity index (χ3v) is 2.65. The van der Waals surface area contributed by atoms with Crippen LogP contribution in [0.15, 0.2) is 30.6 Å². The van der Waals surface area contributed by atoms with Crippen LogP contribution in [0, 0.1) is 6.92 Å². The molecule has 4 nitrogen and oxygen atoms in total. The van der Waals surface area contributed by atoms with Gasteiger partial charge in [0.2, 0.25) is 0 Å². The molecule has 0 saturated carbocycles. The molecule has 0 fully saturated rings. The Morgan fingerprint density at radius 1 is 1.40 bits per heavy atom. The summed E-state index contributed by atoms with van der Waals surface area (Å²) < 4.78 is 42.5. The summed E-state index contributed by atoms with van der Waals surface area (Å²) in [6.07, 6.45) is -3.07. The predicted octanol–water partition coefficient (Wildman–Crippen LogP) is 3.09. The van der Waals surface area contributed by atoms with Crippen LogP contribution in [-0.2, 0) is 17.5 Å². The number of nitrogens with zero attached hydrogens (tertiary/aromatic N) is 1. The summed E-state index contributed by atoms with van der Waals surface area (Å²) in [6.45, 7) is 1.41. The molecule has 0 radical (unpaired) electrons. The Bertz CT molecular complexity index is 620. The molecule has 0 aliphatic carbocycles. The van der Waals surface area contributed by atoms with Crippen molar-refractivity contribution in [1.82, 2.24) is 9.97 Å². The number of hydrogen-bond acceptors (Lipinski definition) is 3. The molecular formula is C13H11F3N2O2. The minimum atomic E-state index is -4.42. The van der Waals surface area contributed by atoms with Crippen LogP contribution in [0.3, 0.4) is 0 Å². The molecule has 0 unspecified atom stereocenters. The van der Waals surface area contributed by atoms with Crippen LogP contribution in [0.25, 0.3) is 0 Å². The molecule has 1 aromatic heterocycles. The van der Waals surface area contributed by atoms with Crippen LogP contribution in [0.4, 0.5) is 13.2 Å². The largest absolute Gasteiger partial charge is 0.456 e. The van der Waals surface area contributed by atoms with Crippen molar-refractivity contribution in [2.75, 3.05) is 0 Å². The van der Waals surface area contributed by atoms with Gasteiger partial charge in [-0.1, -0.05) is 12.1 Å². The molecule has 7 heteroatoms. The first-order valence-corrected chi connectivity index (χ1v) is 5.71. The van der Waals surface area contributed by atoms with Crippen molar-refractivity contribution in [3.8, 4) is 0 Å². The van der Waals surface area contributed by atoms with E-state index in [4.69, 9.17) is 4.74 Å². The number of halogens is 3. The van der Waals surface area contributed by atoms with Crippen molar-refractivity contribution in [1.29, 1.82) is 0 Å². The Balaban J connectivity index is 2.05. The molecule has 1 N–H and O–H groups in total. The molecule has 2 aromatic rings. The Morgan fingerprint density at radius 2 is 2.15 bits per heavy atom. The molecule has 0 saturated heterocycles. The van der Waals surface area contributed by atoms with E-state index >= 15 is 0 Å². The molecule has 0 bridgehead atoms. The molecular weight excluding hydrogens is 273 g/mol. The maximum Gasteiger partial charge on any atom is 0.416 e. The monoisotopic (exact) mass is 284 g/mol. The van der Waals surface area contributed by atoms with Gasteiger partial charge >= 0.3 is 12.1 Å². The van der Waals surface area contributed by atoms with Crippen molar-refractivity contribution in [2.24, 2.45) is 0 Å². The summed E-state index contributed by atoms with van der Waals surface area (Å²) in [5.74, 6) is -0.679. The van der Waals surface area contributed by atoms with E-state index in [-0.39, 0.29) is 17.9 Å². The van der Waals surface area contributed by atoms with Crippen LogP contribution in [0.1, 0.15) is 27.3 Å². The van der Waals surface area contributed by atoms with Gasteiger partial charge in [0.1, 0.15) is 6.61 Å². The second-order valence-electron chi connectivity index (χ2n) is 4.15. The van der Waals surface area contributed by atoms with E-state index in [0.717, 1.165) is 12.1 Å². The third-order valence-electron chi connectivity index (χ3n) is 2.65. The molecule has 0 aliphatic heterocycles. The van der Waals surface area contributed by atoms with Crippen molar-refractivity contribution < 1.29 is 22.7 Å². The molecule has 1 aromatic carbocycles. The van der Waals surface area contributed by atoms with E-state index in [0.29, 0.717) is 5.69 Å². The zero-order chi connectivity index (χ0) is 14.8. The maximum absolute atomic E-state index is 12.5. The average Bonchev–Trinajstić information content (AvgIpc) is 2.82. The van der Waals surface area contributed by atoms with Crippen molar-refractivity contribution >= 4 is 5.97 Å². The van der Waals surface area contributed by atoms with Gasteiger partial charge in [-0.2, -0.15) is 13.2 Å². The minimum Gasteiger partial charge on any atom is -0.456 e. The van der Waals surface area contributed by atoms with E-state index < -0.39 is 17.7 Å². The number of carbonyl (C=O) groups is 1. The Kier molecular flexibility index (Phi) is 3.78. The number of carbonyl (C=O) groups excluding carboxylic acids is 1. The zero-order valence-electron chi connectivity index (χ0n) is 10.5. The minimum absolute atomic E-state index is 0.122. The maximum atomic E-state index is 12.5. The predicted molar refractivity (Wildman–Crippen MR) is 63.9 cm³/mol. The van der Waals surface area contributed by atoms with Gasteiger partial charge in [-0.15, -0.1) is 0 Å². The summed E-state index contributed by atoms with van der Waals surface area (Å²) in [5, 5.41) is 0. The van der Waals surface area contributed by atoms with Crippen molar-refractivity contribution in [3.05, 3.63) is 53.1 Å². The standard InChI is InChI=1S/C13H11F3N2O2/c1-8-11(18-7-17-8)12(19)20-6-9-3-2-4-10(5-9)13(14,15)16/h2-5,7H,6H2,1H3,(H,17,18). The topological polar surface area (TPSA) is 55.0 Å². The van der Waals surface area contributed by atoms with E-state index in [1.165, 1.54) is 18.5 Å². The number of imidazole rings is 1. The molecule has 2 rings (SSSR count). The molecule has 0 atom stereocenters. The first-order chi connectivity index (χ1) is 9.38. The third kappa shape index (κ3) is 3.17. The Labute approximate surface area is 112 Å². The Morgan fingerprint density at radius 3 is 2.75 bits per heavy atom. The van der Waals surface area contributed by atoms with Gasteiger partial charge in [0.25, 0.3) is 0 Å². The highest BCUT2D eigenvalue weighted by Gasteiger charge is 2.30. The summed E-state index contributed by atoms with van der Waals surface area (Å²) in [6, 6.07) is 4.64. The number of rotatable bonds is 3. The Hall–Kier alpha value is -2.31. The van der Waals surface area contributed by atoms with Gasteiger partial charge in [-0.05, 0) is 24.6 Å².